The van der Waals surface area contributed by atoms with Crippen molar-refractivity contribution in [2.45, 2.75) is 71.3 Å². The number of hydrogen-bond donors (Lipinski definition) is 3. The van der Waals surface area contributed by atoms with E-state index < -0.39 is 0 Å². The molecule has 0 bridgehead atoms. The molecular weight excluding hydrogens is 464 g/mol. The molecule has 2 aromatic rings. The predicted molar refractivity (Wildman–Crippen MR) is 144 cm³/mol. The van der Waals surface area contributed by atoms with Crippen molar-refractivity contribution >= 4 is 23.5 Å². The monoisotopic (exact) mass is 506 g/mol. The van der Waals surface area contributed by atoms with E-state index in [0.29, 0.717) is 58.0 Å². The molecule has 0 radical (unpaired) electrons. The summed E-state index contributed by atoms with van der Waals surface area (Å²) in [5.74, 6) is 1.95. The van der Waals surface area contributed by atoms with Crippen molar-refractivity contribution < 1.29 is 9.47 Å². The Hall–Kier alpha value is -2.00. The van der Waals surface area contributed by atoms with Gasteiger partial charge in [-0.15, -0.1) is 0 Å². The van der Waals surface area contributed by atoms with Crippen molar-refractivity contribution in [3.8, 4) is 0 Å². The molecule has 1 aromatic carbocycles. The highest BCUT2D eigenvalue weighted by atomic mass is 35.5. The molecule has 0 aliphatic rings. The molecule has 2 rings (SSSR count). The molecule has 196 valence electrons. The molecule has 0 amide bonds. The maximum absolute atomic E-state index is 5.99. The van der Waals surface area contributed by atoms with Gasteiger partial charge in [0.1, 0.15) is 5.82 Å². The van der Waals surface area contributed by atoms with Crippen LogP contribution in [0.1, 0.15) is 69.7 Å². The molecule has 1 heterocycles. The standard InChI is InChI=1S/C26H43ClN6O2/c1-2-3-4-5-6-7-8-9-10-24-31-25(29-16-18-35-20-19-34-17-15-28)33-26(32-24)30-21-22-11-13-23(27)14-12-22/h11-14H,2-10,15-21,28H2,1H3,(H2,29,30,31,32,33). The summed E-state index contributed by atoms with van der Waals surface area (Å²) < 4.78 is 10.9. The van der Waals surface area contributed by atoms with Gasteiger partial charge in [0, 0.05) is 31.1 Å². The Kier molecular flexibility index (Phi) is 16.1. The fourth-order valence-corrected chi connectivity index (χ4v) is 3.66. The van der Waals surface area contributed by atoms with Gasteiger partial charge in [-0.25, -0.2) is 0 Å². The van der Waals surface area contributed by atoms with Crippen LogP contribution in [0.2, 0.25) is 5.02 Å². The molecule has 0 saturated heterocycles. The first-order valence-electron chi connectivity index (χ1n) is 13.0. The predicted octanol–water partition coefficient (Wildman–Crippen LogP) is 5.22. The normalized spacial score (nSPS) is 11.1. The lowest BCUT2D eigenvalue weighted by Crippen LogP contribution is -2.17. The summed E-state index contributed by atoms with van der Waals surface area (Å²) >= 11 is 5.99. The molecule has 0 fully saturated rings. The van der Waals surface area contributed by atoms with Gasteiger partial charge >= 0.3 is 0 Å². The average Bonchev–Trinajstić information content (AvgIpc) is 2.87. The molecule has 0 aliphatic carbocycles. The van der Waals surface area contributed by atoms with Crippen LogP contribution in [0.4, 0.5) is 11.9 Å². The lowest BCUT2D eigenvalue weighted by molar-refractivity contribution is 0.0547. The summed E-state index contributed by atoms with van der Waals surface area (Å²) in [5.41, 5.74) is 6.51. The second-order valence-corrected chi connectivity index (χ2v) is 8.98. The molecule has 0 atom stereocenters. The fraction of sp³-hybridized carbons (Fsp3) is 0.654. The Labute approximate surface area is 215 Å². The van der Waals surface area contributed by atoms with Gasteiger partial charge < -0.3 is 25.8 Å². The van der Waals surface area contributed by atoms with Crippen molar-refractivity contribution in [3.63, 3.8) is 0 Å². The van der Waals surface area contributed by atoms with E-state index in [1.807, 2.05) is 24.3 Å². The summed E-state index contributed by atoms with van der Waals surface area (Å²) in [5, 5.41) is 7.30. The Morgan fingerprint density at radius 3 is 2.09 bits per heavy atom. The number of anilines is 2. The first-order valence-corrected chi connectivity index (χ1v) is 13.4. The van der Waals surface area contributed by atoms with Crippen molar-refractivity contribution in [3.05, 3.63) is 40.7 Å². The van der Waals surface area contributed by atoms with Crippen LogP contribution in [0.3, 0.4) is 0 Å². The zero-order chi connectivity index (χ0) is 25.0. The van der Waals surface area contributed by atoms with Gasteiger partial charge in [-0.1, -0.05) is 75.6 Å². The second kappa shape index (κ2) is 19.2. The quantitative estimate of drug-likeness (QED) is 0.198. The summed E-state index contributed by atoms with van der Waals surface area (Å²) in [4.78, 5) is 13.8. The largest absolute Gasteiger partial charge is 0.378 e. The summed E-state index contributed by atoms with van der Waals surface area (Å²) in [6.45, 7) is 6.18. The minimum Gasteiger partial charge on any atom is -0.378 e. The lowest BCUT2D eigenvalue weighted by Gasteiger charge is -2.11. The number of nitrogens with zero attached hydrogens (tertiary/aromatic N) is 3. The molecule has 0 unspecified atom stereocenters. The van der Waals surface area contributed by atoms with Crippen molar-refractivity contribution in [1.82, 2.24) is 15.0 Å². The number of ether oxygens (including phenoxy) is 2. The zero-order valence-electron chi connectivity index (χ0n) is 21.2. The number of nitrogens with one attached hydrogen (secondary N) is 2. The maximum atomic E-state index is 5.99. The number of hydrogen-bond acceptors (Lipinski definition) is 8. The van der Waals surface area contributed by atoms with Gasteiger partial charge in [0.25, 0.3) is 0 Å². The lowest BCUT2D eigenvalue weighted by atomic mass is 10.1. The summed E-state index contributed by atoms with van der Waals surface area (Å²) in [6.07, 6.45) is 11.0. The molecule has 0 aliphatic heterocycles. The Bertz CT molecular complexity index is 756. The third-order valence-corrected chi connectivity index (χ3v) is 5.72. The first-order chi connectivity index (χ1) is 17.2. The zero-order valence-corrected chi connectivity index (χ0v) is 22.0. The summed E-state index contributed by atoms with van der Waals surface area (Å²) in [7, 11) is 0. The van der Waals surface area contributed by atoms with Crippen LogP contribution < -0.4 is 16.4 Å². The van der Waals surface area contributed by atoms with Crippen molar-refractivity contribution in [1.29, 1.82) is 0 Å². The fourth-order valence-electron chi connectivity index (χ4n) is 3.53. The van der Waals surface area contributed by atoms with E-state index in [0.717, 1.165) is 29.3 Å². The van der Waals surface area contributed by atoms with Gasteiger partial charge in [-0.05, 0) is 24.1 Å². The van der Waals surface area contributed by atoms with Gasteiger partial charge in [0.15, 0.2) is 0 Å². The van der Waals surface area contributed by atoms with Crippen LogP contribution in [0.15, 0.2) is 24.3 Å². The van der Waals surface area contributed by atoms with E-state index in [2.05, 4.69) is 32.5 Å². The highest BCUT2D eigenvalue weighted by molar-refractivity contribution is 6.30. The van der Waals surface area contributed by atoms with E-state index in [-0.39, 0.29) is 0 Å². The second-order valence-electron chi connectivity index (χ2n) is 8.54. The topological polar surface area (TPSA) is 107 Å². The smallest absolute Gasteiger partial charge is 0.228 e. The molecule has 1 aromatic heterocycles. The third-order valence-electron chi connectivity index (χ3n) is 5.46. The molecule has 0 spiro atoms. The minimum atomic E-state index is 0.524. The van der Waals surface area contributed by atoms with Gasteiger partial charge in [-0.2, -0.15) is 15.0 Å². The minimum absolute atomic E-state index is 0.524. The number of nitrogens with two attached hydrogens (primary N) is 1. The molecule has 8 nitrogen and oxygen atoms in total. The van der Waals surface area contributed by atoms with Crippen LogP contribution in [-0.4, -0.2) is 54.5 Å². The third kappa shape index (κ3) is 14.2. The number of rotatable bonds is 21. The van der Waals surface area contributed by atoms with E-state index in [1.165, 1.54) is 44.9 Å². The van der Waals surface area contributed by atoms with E-state index in [4.69, 9.17) is 26.8 Å². The van der Waals surface area contributed by atoms with Crippen molar-refractivity contribution in [2.75, 3.05) is 50.2 Å². The van der Waals surface area contributed by atoms with Crippen LogP contribution in [0.5, 0.6) is 0 Å². The number of unbranched alkanes of at least 4 members (excludes halogenated alkanes) is 7. The molecular formula is C26H43ClN6O2. The van der Waals surface area contributed by atoms with Crippen LogP contribution in [0.25, 0.3) is 0 Å². The van der Waals surface area contributed by atoms with Crippen LogP contribution in [-0.2, 0) is 22.4 Å². The van der Waals surface area contributed by atoms with Crippen molar-refractivity contribution in [2.24, 2.45) is 5.73 Å². The summed E-state index contributed by atoms with van der Waals surface area (Å²) in [6, 6.07) is 7.75. The van der Waals surface area contributed by atoms with E-state index >= 15 is 0 Å². The van der Waals surface area contributed by atoms with Crippen LogP contribution >= 0.6 is 11.6 Å². The Morgan fingerprint density at radius 2 is 1.40 bits per heavy atom. The maximum Gasteiger partial charge on any atom is 0.228 e. The number of aromatic nitrogens is 3. The molecule has 9 heteroatoms. The van der Waals surface area contributed by atoms with Crippen LogP contribution in [0, 0.1) is 0 Å². The highest BCUT2D eigenvalue weighted by Gasteiger charge is 2.07. The van der Waals surface area contributed by atoms with Gasteiger partial charge in [0.2, 0.25) is 11.9 Å². The van der Waals surface area contributed by atoms with E-state index in [9.17, 15) is 0 Å². The van der Waals surface area contributed by atoms with E-state index in [1.54, 1.807) is 0 Å². The number of halogens is 1. The molecule has 4 N–H and O–H groups in total. The molecule has 35 heavy (non-hydrogen) atoms. The number of benzene rings is 1. The Morgan fingerprint density at radius 1 is 0.771 bits per heavy atom. The average molecular weight is 507 g/mol. The molecule has 0 saturated carbocycles. The highest BCUT2D eigenvalue weighted by Crippen LogP contribution is 2.14. The first kappa shape index (κ1) is 29.2. The van der Waals surface area contributed by atoms with Gasteiger partial charge in [-0.3, -0.25) is 0 Å². The van der Waals surface area contributed by atoms with Gasteiger partial charge in [0.05, 0.1) is 26.4 Å². The number of aryl methyl sites for hydroxylation is 1. The Balaban J connectivity index is 1.82. The SMILES string of the molecule is CCCCCCCCCCc1nc(NCCOCCOCCN)nc(NCc2ccc(Cl)cc2)n1.